The molecule has 0 radical (unpaired) electrons. The highest BCUT2D eigenvalue weighted by atomic mass is 16.5. The van der Waals surface area contributed by atoms with Crippen LogP contribution in [0.5, 0.6) is 11.5 Å². The third-order valence-electron chi connectivity index (χ3n) is 8.55. The third-order valence-corrected chi connectivity index (χ3v) is 8.55. The van der Waals surface area contributed by atoms with E-state index in [0.717, 1.165) is 45.7 Å². The second-order valence-electron chi connectivity index (χ2n) is 12.2. The van der Waals surface area contributed by atoms with Gasteiger partial charge in [-0.25, -0.2) is 4.85 Å². The molecule has 194 valence electrons. The van der Waals surface area contributed by atoms with E-state index >= 15 is 0 Å². The maximum atomic E-state index is 11.3. The number of hydrogen-bond donors (Lipinski definition) is 0. The minimum Gasteiger partial charge on any atom is -0.489 e. The average Bonchev–Trinajstić information content (AvgIpc) is 3.17. The van der Waals surface area contributed by atoms with Gasteiger partial charge in [0.05, 0.1) is 6.57 Å². The summed E-state index contributed by atoms with van der Waals surface area (Å²) in [6.45, 7) is 33.0. The monoisotopic (exact) mass is 489 g/mol. The Morgan fingerprint density at radius 1 is 0.833 bits per heavy atom. The van der Waals surface area contributed by atoms with E-state index in [4.69, 9.17) is 16.0 Å². The Morgan fingerprint density at radius 3 is 1.64 bits per heavy atom. The van der Waals surface area contributed by atoms with Gasteiger partial charge >= 0.3 is 0 Å². The van der Waals surface area contributed by atoms with Crippen molar-refractivity contribution in [2.24, 2.45) is 0 Å². The summed E-state index contributed by atoms with van der Waals surface area (Å²) in [6.07, 6.45) is 1.26. The maximum absolute atomic E-state index is 11.3. The van der Waals surface area contributed by atoms with Crippen molar-refractivity contribution in [2.45, 2.75) is 118 Å². The first kappa shape index (κ1) is 27.8. The molecule has 0 N–H and O–H groups in total. The van der Waals surface area contributed by atoms with Crippen LogP contribution in [-0.2, 0) is 10.8 Å². The molecule has 2 heterocycles. The van der Waals surface area contributed by atoms with Crippen LogP contribution in [0.15, 0.2) is 12.1 Å². The van der Waals surface area contributed by atoms with Crippen LogP contribution in [0.2, 0.25) is 0 Å². The predicted molar refractivity (Wildman–Crippen MR) is 148 cm³/mol. The molecule has 0 aliphatic carbocycles. The standard InChI is InChI=1S/C16H21NO.C16H22O2/c1-9(2)12-8-13(17-7)10(3)14-15(12)18-11(4)16(14,5)6;1-9(2)13-7-12(8-17)10(3)14-15(13)18-11(4)16(14,5)6/h8-9,11H,1-6H3;7-9,11H,1-6H3. The summed E-state index contributed by atoms with van der Waals surface area (Å²) in [5.41, 5.74) is 8.40. The Morgan fingerprint density at radius 2 is 1.25 bits per heavy atom. The van der Waals surface area contributed by atoms with Gasteiger partial charge < -0.3 is 9.47 Å². The van der Waals surface area contributed by atoms with Gasteiger partial charge in [0, 0.05) is 22.0 Å². The lowest BCUT2D eigenvalue weighted by Crippen LogP contribution is -2.29. The number of carbonyl (C=O) groups excluding carboxylic acids is 1. The largest absolute Gasteiger partial charge is 0.489 e. The van der Waals surface area contributed by atoms with E-state index in [-0.39, 0.29) is 23.0 Å². The molecule has 2 atom stereocenters. The van der Waals surface area contributed by atoms with Gasteiger partial charge in [0.15, 0.2) is 5.69 Å². The van der Waals surface area contributed by atoms with E-state index in [1.165, 1.54) is 16.7 Å². The average molecular weight is 490 g/mol. The van der Waals surface area contributed by atoms with Crippen molar-refractivity contribution in [2.75, 3.05) is 0 Å². The Hall–Kier alpha value is -2.80. The molecule has 36 heavy (non-hydrogen) atoms. The van der Waals surface area contributed by atoms with Gasteiger partial charge in [-0.05, 0) is 79.5 Å². The minimum absolute atomic E-state index is 0.0241. The normalized spacial score (nSPS) is 20.6. The number of fused-ring (bicyclic) bond motifs is 2. The van der Waals surface area contributed by atoms with Gasteiger partial charge in [0.25, 0.3) is 0 Å². The molecule has 4 rings (SSSR count). The molecule has 0 amide bonds. The molecule has 0 saturated heterocycles. The molecule has 2 unspecified atom stereocenters. The van der Waals surface area contributed by atoms with E-state index in [2.05, 4.69) is 74.1 Å². The van der Waals surface area contributed by atoms with Crippen molar-refractivity contribution >= 4 is 12.0 Å². The van der Waals surface area contributed by atoms with Crippen LogP contribution >= 0.6 is 0 Å². The summed E-state index contributed by atoms with van der Waals surface area (Å²) in [5, 5.41) is 0. The minimum atomic E-state index is -0.0396. The van der Waals surface area contributed by atoms with Gasteiger partial charge in [-0.1, -0.05) is 55.4 Å². The smallest absolute Gasteiger partial charge is 0.190 e. The molecule has 0 fully saturated rings. The van der Waals surface area contributed by atoms with Crippen LogP contribution in [0.1, 0.15) is 125 Å². The molecular weight excluding hydrogens is 446 g/mol. The summed E-state index contributed by atoms with van der Waals surface area (Å²) >= 11 is 0. The fourth-order valence-corrected chi connectivity index (χ4v) is 5.52. The van der Waals surface area contributed by atoms with Crippen LogP contribution in [-0.4, -0.2) is 18.5 Å². The first-order valence-corrected chi connectivity index (χ1v) is 13.1. The third kappa shape index (κ3) is 4.32. The molecule has 2 aliphatic rings. The number of nitrogens with zero attached hydrogens (tertiary/aromatic N) is 1. The highest BCUT2D eigenvalue weighted by Crippen LogP contribution is 2.51. The Kier molecular flexibility index (Phi) is 7.39. The molecule has 0 spiro atoms. The Bertz CT molecular complexity index is 1230. The van der Waals surface area contributed by atoms with Gasteiger partial charge in [-0.15, -0.1) is 0 Å². The SMILES string of the molecule is Cc1c(C=O)cc(C(C)C)c2c1C(C)(C)C(C)O2.[C-]#[N+]c1cc(C(C)C)c2c(c1C)C(C)(C)C(C)O2. The summed E-state index contributed by atoms with van der Waals surface area (Å²) < 4.78 is 12.2. The number of benzene rings is 2. The fourth-order valence-electron chi connectivity index (χ4n) is 5.52. The Labute approximate surface area is 218 Å². The topological polar surface area (TPSA) is 39.9 Å². The summed E-state index contributed by atoms with van der Waals surface area (Å²) in [4.78, 5) is 14.9. The van der Waals surface area contributed by atoms with Gasteiger partial charge in [0.1, 0.15) is 30.0 Å². The number of ether oxygens (including phenoxy) is 2. The molecule has 2 aliphatic heterocycles. The number of rotatable bonds is 3. The van der Waals surface area contributed by atoms with Gasteiger partial charge in [0.2, 0.25) is 0 Å². The van der Waals surface area contributed by atoms with Crippen molar-refractivity contribution in [3.63, 3.8) is 0 Å². The zero-order chi connectivity index (χ0) is 27.3. The molecule has 0 bridgehead atoms. The number of carbonyl (C=O) groups is 1. The molecule has 0 saturated carbocycles. The van der Waals surface area contributed by atoms with Crippen LogP contribution in [0.3, 0.4) is 0 Å². The second kappa shape index (κ2) is 9.58. The first-order valence-electron chi connectivity index (χ1n) is 13.1. The van der Waals surface area contributed by atoms with E-state index in [0.29, 0.717) is 11.8 Å². The molecule has 4 nitrogen and oxygen atoms in total. The molecule has 2 aromatic rings. The highest BCUT2D eigenvalue weighted by molar-refractivity contribution is 5.80. The number of hydrogen-bond acceptors (Lipinski definition) is 3. The zero-order valence-corrected chi connectivity index (χ0v) is 24.2. The number of aldehydes is 1. The maximum Gasteiger partial charge on any atom is 0.190 e. The van der Waals surface area contributed by atoms with Gasteiger partial charge in [-0.2, -0.15) is 0 Å². The predicted octanol–water partition coefficient (Wildman–Crippen LogP) is 8.72. The lowest BCUT2D eigenvalue weighted by Gasteiger charge is -2.24. The second-order valence-corrected chi connectivity index (χ2v) is 12.2. The van der Waals surface area contributed by atoms with Crippen LogP contribution in [0, 0.1) is 20.4 Å². The lowest BCUT2D eigenvalue weighted by atomic mass is 9.77. The van der Waals surface area contributed by atoms with Crippen molar-refractivity contribution in [1.29, 1.82) is 0 Å². The van der Waals surface area contributed by atoms with Crippen LogP contribution in [0.25, 0.3) is 4.85 Å². The van der Waals surface area contributed by atoms with Crippen LogP contribution < -0.4 is 9.47 Å². The highest BCUT2D eigenvalue weighted by Gasteiger charge is 2.43. The van der Waals surface area contributed by atoms with Crippen molar-refractivity contribution in [1.82, 2.24) is 0 Å². The summed E-state index contributed by atoms with van der Waals surface area (Å²) in [6, 6.07) is 3.99. The summed E-state index contributed by atoms with van der Waals surface area (Å²) in [5.74, 6) is 2.76. The fraction of sp³-hybridized carbons (Fsp3) is 0.562. The lowest BCUT2D eigenvalue weighted by molar-refractivity contribution is 0.112. The van der Waals surface area contributed by atoms with E-state index < -0.39 is 0 Å². The molecular formula is C32H43NO3. The summed E-state index contributed by atoms with van der Waals surface area (Å²) in [7, 11) is 0. The first-order chi connectivity index (χ1) is 16.6. The molecule has 4 heteroatoms. The van der Waals surface area contributed by atoms with E-state index in [1.807, 2.05) is 26.0 Å². The van der Waals surface area contributed by atoms with Crippen LogP contribution in [0.4, 0.5) is 5.69 Å². The van der Waals surface area contributed by atoms with Crippen molar-refractivity contribution in [3.8, 4) is 11.5 Å². The van der Waals surface area contributed by atoms with E-state index in [1.54, 1.807) is 0 Å². The van der Waals surface area contributed by atoms with Gasteiger partial charge in [-0.3, -0.25) is 4.79 Å². The van der Waals surface area contributed by atoms with Crippen molar-refractivity contribution < 1.29 is 14.3 Å². The molecule has 2 aromatic carbocycles. The van der Waals surface area contributed by atoms with Crippen molar-refractivity contribution in [3.05, 3.63) is 62.5 Å². The zero-order valence-electron chi connectivity index (χ0n) is 24.2. The van der Waals surface area contributed by atoms with E-state index in [9.17, 15) is 4.79 Å². The Balaban J connectivity index is 0.000000201. The quantitative estimate of drug-likeness (QED) is 0.320. The molecule has 0 aromatic heterocycles.